The zero-order valence-electron chi connectivity index (χ0n) is 20.7. The molecule has 1 fully saturated rings. The van der Waals surface area contributed by atoms with E-state index in [1.165, 1.54) is 6.33 Å². The minimum absolute atomic E-state index is 0.305. The molecule has 0 amide bonds. The molecule has 37 heavy (non-hydrogen) atoms. The Morgan fingerprint density at radius 3 is 2.76 bits per heavy atom. The summed E-state index contributed by atoms with van der Waals surface area (Å²) >= 11 is 0. The Labute approximate surface area is 214 Å². The number of aliphatic hydroxyl groups excluding tert-OH is 1. The van der Waals surface area contributed by atoms with Gasteiger partial charge in [-0.15, -0.1) is 0 Å². The van der Waals surface area contributed by atoms with Gasteiger partial charge in [0.2, 0.25) is 11.8 Å². The number of pyridine rings is 1. The molecule has 1 aliphatic carbocycles. The second-order valence-corrected chi connectivity index (χ2v) is 9.23. The van der Waals surface area contributed by atoms with Crippen LogP contribution < -0.4 is 15.8 Å². The number of hydrogen-bond acceptors (Lipinski definition) is 10. The van der Waals surface area contributed by atoms with Gasteiger partial charge in [-0.3, -0.25) is 5.32 Å². The van der Waals surface area contributed by atoms with Crippen LogP contribution in [0.2, 0.25) is 0 Å². The second kappa shape index (κ2) is 11.4. The van der Waals surface area contributed by atoms with Gasteiger partial charge in [-0.2, -0.15) is 5.10 Å². The summed E-state index contributed by atoms with van der Waals surface area (Å²) in [6.07, 6.45) is 13.0. The highest BCUT2D eigenvalue weighted by Gasteiger charge is 2.23. The Morgan fingerprint density at radius 2 is 1.97 bits per heavy atom. The van der Waals surface area contributed by atoms with Crippen molar-refractivity contribution in [2.45, 2.75) is 38.3 Å². The third-order valence-corrected chi connectivity index (χ3v) is 6.88. The number of hydrogen-bond donors (Lipinski definition) is 3. The minimum atomic E-state index is -0.907. The first-order valence-corrected chi connectivity index (χ1v) is 12.5. The van der Waals surface area contributed by atoms with Crippen LogP contribution in [0.25, 0.3) is 16.8 Å². The maximum Gasteiger partial charge on any atom is 0.248 e. The summed E-state index contributed by atoms with van der Waals surface area (Å²) in [6.45, 7) is 0.686. The van der Waals surface area contributed by atoms with Crippen molar-refractivity contribution in [2.75, 3.05) is 19.4 Å². The van der Waals surface area contributed by atoms with Gasteiger partial charge in [0.25, 0.3) is 0 Å². The maximum atomic E-state index is 11.1. The van der Waals surface area contributed by atoms with Crippen LogP contribution in [0.15, 0.2) is 54.2 Å². The molecular formula is C26H31N9O2. The van der Waals surface area contributed by atoms with E-state index in [1.807, 2.05) is 24.4 Å². The van der Waals surface area contributed by atoms with Crippen molar-refractivity contribution < 1.29 is 9.84 Å². The Balaban J connectivity index is 1.20. The molecule has 4 aromatic heterocycles. The van der Waals surface area contributed by atoms with Crippen molar-refractivity contribution in [3.8, 4) is 17.1 Å². The highest BCUT2D eigenvalue weighted by atomic mass is 16.5. The van der Waals surface area contributed by atoms with Gasteiger partial charge >= 0.3 is 0 Å². The van der Waals surface area contributed by atoms with Crippen LogP contribution in [0.4, 0.5) is 11.8 Å². The molecule has 11 nitrogen and oxygen atoms in total. The predicted octanol–water partition coefficient (Wildman–Crippen LogP) is 3.35. The van der Waals surface area contributed by atoms with E-state index in [1.54, 1.807) is 36.3 Å². The lowest BCUT2D eigenvalue weighted by atomic mass is 9.81. The molecule has 4 heterocycles. The quantitative estimate of drug-likeness (QED) is 0.232. The molecule has 0 saturated heterocycles. The van der Waals surface area contributed by atoms with E-state index in [0.717, 1.165) is 43.4 Å². The standard InChI is InChI=1S/C26H31N9O2/c1-37-22-13-19(8-12-28-22)21-14-20(23-24(27)33-16-34-35(21)23)25(36)29-11-7-17-3-5-18(6-4-17)15-32-26-30-9-2-10-31-26/h2,8-10,12-18,25,29,36H,3-7,11H2,1H3,(H2,27,33,34)/b32-15+. The van der Waals surface area contributed by atoms with E-state index in [4.69, 9.17) is 10.5 Å². The Kier molecular flexibility index (Phi) is 7.62. The van der Waals surface area contributed by atoms with Crippen molar-refractivity contribution in [1.82, 2.24) is 34.9 Å². The molecule has 1 saturated carbocycles. The number of rotatable bonds is 9. The zero-order chi connectivity index (χ0) is 25.6. The van der Waals surface area contributed by atoms with E-state index >= 15 is 0 Å². The summed E-state index contributed by atoms with van der Waals surface area (Å²) in [6, 6.07) is 7.35. The molecule has 192 valence electrons. The molecule has 11 heteroatoms. The van der Waals surface area contributed by atoms with Crippen LogP contribution in [0, 0.1) is 11.8 Å². The molecule has 0 aliphatic heterocycles. The van der Waals surface area contributed by atoms with Crippen molar-refractivity contribution in [3.63, 3.8) is 0 Å². The van der Waals surface area contributed by atoms with Gasteiger partial charge in [0.05, 0.1) is 12.8 Å². The van der Waals surface area contributed by atoms with Crippen molar-refractivity contribution >= 4 is 23.5 Å². The summed E-state index contributed by atoms with van der Waals surface area (Å²) in [5.74, 6) is 2.37. The molecule has 1 atom stereocenters. The molecule has 4 aromatic rings. The van der Waals surface area contributed by atoms with Crippen LogP contribution in [0.3, 0.4) is 0 Å². The topological polar surface area (TPSA) is 149 Å². The number of nitrogens with zero attached hydrogens (tertiary/aromatic N) is 7. The van der Waals surface area contributed by atoms with Gasteiger partial charge in [0.1, 0.15) is 18.1 Å². The number of aliphatic hydroxyl groups is 1. The average molecular weight is 502 g/mol. The van der Waals surface area contributed by atoms with Gasteiger partial charge in [0.15, 0.2) is 5.82 Å². The lowest BCUT2D eigenvalue weighted by Crippen LogP contribution is -2.25. The van der Waals surface area contributed by atoms with E-state index in [2.05, 4.69) is 35.3 Å². The van der Waals surface area contributed by atoms with Gasteiger partial charge in [-0.25, -0.2) is 29.4 Å². The molecule has 0 spiro atoms. The van der Waals surface area contributed by atoms with Crippen molar-refractivity contribution in [3.05, 3.63) is 54.7 Å². The average Bonchev–Trinajstić information content (AvgIpc) is 3.34. The monoisotopic (exact) mass is 501 g/mol. The Hall–Kier alpha value is -3.96. The number of nitrogen functional groups attached to an aromatic ring is 1. The number of anilines is 1. The van der Waals surface area contributed by atoms with Gasteiger partial charge < -0.3 is 15.6 Å². The van der Waals surface area contributed by atoms with Crippen LogP contribution in [-0.4, -0.2) is 54.5 Å². The molecule has 0 aromatic carbocycles. The number of aromatic nitrogens is 6. The van der Waals surface area contributed by atoms with Gasteiger partial charge in [0, 0.05) is 42.0 Å². The SMILES string of the molecule is COc1cc(-c2cc(C(O)NCCC3CCC(/C=N/c4ncccn4)CC3)c3c(N)ncnn23)ccn1. The Morgan fingerprint density at radius 1 is 1.16 bits per heavy atom. The normalized spacial score (nSPS) is 18.9. The molecule has 5 rings (SSSR count). The minimum Gasteiger partial charge on any atom is -0.481 e. The maximum absolute atomic E-state index is 11.1. The fraction of sp³-hybridized carbons (Fsp3) is 0.385. The van der Waals surface area contributed by atoms with Gasteiger partial charge in [-0.05, 0) is 68.7 Å². The number of nitrogens with one attached hydrogen (secondary N) is 1. The largest absolute Gasteiger partial charge is 0.481 e. The summed E-state index contributed by atoms with van der Waals surface area (Å²) in [7, 11) is 1.57. The Bertz CT molecular complexity index is 1350. The van der Waals surface area contributed by atoms with Crippen LogP contribution >= 0.6 is 0 Å². The van der Waals surface area contributed by atoms with E-state index in [-0.39, 0.29) is 0 Å². The van der Waals surface area contributed by atoms with Crippen molar-refractivity contribution in [2.24, 2.45) is 16.8 Å². The first-order valence-electron chi connectivity index (χ1n) is 12.5. The number of ether oxygens (including phenoxy) is 1. The molecule has 1 unspecified atom stereocenters. The molecule has 1 aliphatic rings. The van der Waals surface area contributed by atoms with E-state index in [0.29, 0.717) is 47.1 Å². The van der Waals surface area contributed by atoms with Crippen LogP contribution in [0.1, 0.15) is 43.9 Å². The van der Waals surface area contributed by atoms with Crippen molar-refractivity contribution in [1.29, 1.82) is 0 Å². The smallest absolute Gasteiger partial charge is 0.248 e. The first kappa shape index (κ1) is 24.7. The lowest BCUT2D eigenvalue weighted by molar-refractivity contribution is 0.136. The third-order valence-electron chi connectivity index (χ3n) is 6.88. The summed E-state index contributed by atoms with van der Waals surface area (Å²) in [5.41, 5.74) is 9.02. The van der Waals surface area contributed by atoms with E-state index < -0.39 is 6.23 Å². The molecular weight excluding hydrogens is 470 g/mol. The molecule has 0 bridgehead atoms. The summed E-state index contributed by atoms with van der Waals surface area (Å²) < 4.78 is 6.96. The zero-order valence-corrected chi connectivity index (χ0v) is 20.7. The fourth-order valence-corrected chi connectivity index (χ4v) is 4.88. The summed E-state index contributed by atoms with van der Waals surface area (Å²) in [4.78, 5) is 21.0. The number of fused-ring (bicyclic) bond motifs is 1. The van der Waals surface area contributed by atoms with Crippen LogP contribution in [-0.2, 0) is 0 Å². The highest BCUT2D eigenvalue weighted by molar-refractivity contribution is 5.78. The molecule has 4 N–H and O–H groups in total. The first-order chi connectivity index (χ1) is 18.1. The lowest BCUT2D eigenvalue weighted by Gasteiger charge is -2.26. The van der Waals surface area contributed by atoms with Gasteiger partial charge in [-0.1, -0.05) is 0 Å². The van der Waals surface area contributed by atoms with E-state index in [9.17, 15) is 5.11 Å². The molecule has 0 radical (unpaired) electrons. The van der Waals surface area contributed by atoms with Crippen LogP contribution in [0.5, 0.6) is 5.88 Å². The predicted molar refractivity (Wildman–Crippen MR) is 140 cm³/mol. The number of aliphatic imine (C=N–C) groups is 1. The fourth-order valence-electron chi connectivity index (χ4n) is 4.88. The summed E-state index contributed by atoms with van der Waals surface area (Å²) in [5, 5.41) is 18.7. The third kappa shape index (κ3) is 5.73. The number of nitrogens with two attached hydrogens (primary N) is 1. The second-order valence-electron chi connectivity index (χ2n) is 9.23. The highest BCUT2D eigenvalue weighted by Crippen LogP contribution is 2.33. The number of methoxy groups -OCH3 is 1.